The molecule has 2 N–H and O–H groups in total. The summed E-state index contributed by atoms with van der Waals surface area (Å²) in [6.45, 7) is 4.62. The Kier molecular flexibility index (Phi) is 7.27. The molecule has 0 radical (unpaired) electrons. The zero-order chi connectivity index (χ0) is 24.9. The Hall–Kier alpha value is -3.72. The number of fused-ring (bicyclic) bond motifs is 1. The number of carbonyl (C=O) groups is 1. The molecule has 0 saturated carbocycles. The van der Waals surface area contributed by atoms with Crippen LogP contribution in [0.3, 0.4) is 0 Å². The predicted octanol–water partition coefficient (Wildman–Crippen LogP) is 3.83. The molecular weight excluding hydrogens is 456 g/mol. The maximum atomic E-state index is 12.8. The van der Waals surface area contributed by atoms with Crippen molar-refractivity contribution < 1.29 is 14.3 Å². The molecule has 9 heteroatoms. The van der Waals surface area contributed by atoms with Gasteiger partial charge in [0.2, 0.25) is 5.95 Å². The van der Waals surface area contributed by atoms with E-state index >= 15 is 0 Å². The molecule has 1 amide bonds. The van der Waals surface area contributed by atoms with E-state index in [2.05, 4.69) is 38.7 Å². The van der Waals surface area contributed by atoms with Crippen molar-refractivity contribution in [1.29, 1.82) is 0 Å². The van der Waals surface area contributed by atoms with Crippen LogP contribution in [0.4, 0.5) is 17.5 Å². The molecule has 1 aromatic carbocycles. The van der Waals surface area contributed by atoms with Gasteiger partial charge in [0, 0.05) is 24.8 Å². The Morgan fingerprint density at radius 1 is 1.06 bits per heavy atom. The van der Waals surface area contributed by atoms with Gasteiger partial charge >= 0.3 is 0 Å². The fourth-order valence-electron chi connectivity index (χ4n) is 4.58. The number of aryl methyl sites for hydroxylation is 2. The summed E-state index contributed by atoms with van der Waals surface area (Å²) in [6, 6.07) is 11.5. The number of nitrogens with one attached hydrogen (secondary N) is 2. The number of aromatic nitrogens is 3. The lowest BCUT2D eigenvalue weighted by Crippen LogP contribution is -2.38. The summed E-state index contributed by atoms with van der Waals surface area (Å²) in [5.41, 5.74) is 4.88. The zero-order valence-electron chi connectivity index (χ0n) is 20.8. The largest absolute Gasteiger partial charge is 0.495 e. The molecule has 1 aliphatic heterocycles. The number of pyridine rings is 1. The van der Waals surface area contributed by atoms with Crippen molar-refractivity contribution in [3.63, 3.8) is 0 Å². The third-order valence-electron chi connectivity index (χ3n) is 6.64. The number of methoxy groups -OCH3 is 1. The van der Waals surface area contributed by atoms with Crippen LogP contribution >= 0.6 is 0 Å². The lowest BCUT2D eigenvalue weighted by Gasteiger charge is -2.28. The van der Waals surface area contributed by atoms with E-state index in [0.717, 1.165) is 31.6 Å². The molecule has 3 aromatic rings. The molecule has 188 valence electrons. The van der Waals surface area contributed by atoms with E-state index in [1.54, 1.807) is 19.2 Å². The Labute approximate surface area is 211 Å². The van der Waals surface area contributed by atoms with Gasteiger partial charge in [0.05, 0.1) is 38.3 Å². The van der Waals surface area contributed by atoms with Gasteiger partial charge in [-0.3, -0.25) is 4.79 Å². The van der Waals surface area contributed by atoms with E-state index in [4.69, 9.17) is 19.4 Å². The first-order valence-electron chi connectivity index (χ1n) is 12.5. The van der Waals surface area contributed by atoms with E-state index in [1.807, 2.05) is 13.0 Å². The van der Waals surface area contributed by atoms with E-state index in [0.29, 0.717) is 42.1 Å². The first-order chi connectivity index (χ1) is 17.6. The standard InChI is InChI=1S/C27H32N6O3/c1-18(29-26(34)23-10-9-22(35-2)17-28-23)24-16-25(32-27(31-24)33-11-13-36-14-12-33)30-21-8-7-19-5-3-4-6-20(19)15-21/h7-10,15-18H,3-6,11-14H2,1-2H3,(H,29,34)(H,30,31,32)/t18-/m0/s1. The average molecular weight is 489 g/mol. The van der Waals surface area contributed by atoms with Crippen LogP contribution in [-0.2, 0) is 17.6 Å². The van der Waals surface area contributed by atoms with Gasteiger partial charge in [-0.1, -0.05) is 6.07 Å². The second-order valence-corrected chi connectivity index (χ2v) is 9.17. The van der Waals surface area contributed by atoms with Crippen molar-refractivity contribution in [3.8, 4) is 5.75 Å². The zero-order valence-corrected chi connectivity index (χ0v) is 20.8. The highest BCUT2D eigenvalue weighted by atomic mass is 16.5. The Morgan fingerprint density at radius 2 is 1.86 bits per heavy atom. The van der Waals surface area contributed by atoms with Crippen LogP contribution in [0.25, 0.3) is 0 Å². The lowest BCUT2D eigenvalue weighted by molar-refractivity contribution is 0.0934. The normalized spacial score (nSPS) is 16.1. The third-order valence-corrected chi connectivity index (χ3v) is 6.64. The Balaban J connectivity index is 1.39. The fourth-order valence-corrected chi connectivity index (χ4v) is 4.58. The molecule has 2 aliphatic rings. The van der Waals surface area contributed by atoms with Crippen LogP contribution in [0.5, 0.6) is 5.75 Å². The lowest BCUT2D eigenvalue weighted by atomic mass is 9.91. The van der Waals surface area contributed by atoms with Gasteiger partial charge in [0.1, 0.15) is 17.3 Å². The maximum absolute atomic E-state index is 12.8. The molecule has 3 heterocycles. The first-order valence-corrected chi connectivity index (χ1v) is 12.5. The van der Waals surface area contributed by atoms with Crippen LogP contribution in [0, 0.1) is 0 Å². The summed E-state index contributed by atoms with van der Waals surface area (Å²) in [5.74, 6) is 1.64. The minimum Gasteiger partial charge on any atom is -0.495 e. The highest BCUT2D eigenvalue weighted by Gasteiger charge is 2.20. The van der Waals surface area contributed by atoms with Gasteiger partial charge in [-0.2, -0.15) is 4.98 Å². The van der Waals surface area contributed by atoms with Crippen molar-refractivity contribution in [1.82, 2.24) is 20.3 Å². The number of rotatable bonds is 7. The molecular formula is C27H32N6O3. The van der Waals surface area contributed by atoms with Gasteiger partial charge in [0.25, 0.3) is 5.91 Å². The van der Waals surface area contributed by atoms with Crippen molar-refractivity contribution in [3.05, 3.63) is 65.1 Å². The number of amides is 1. The number of ether oxygens (including phenoxy) is 2. The number of nitrogens with zero attached hydrogens (tertiary/aromatic N) is 4. The summed E-state index contributed by atoms with van der Waals surface area (Å²) in [7, 11) is 1.57. The van der Waals surface area contributed by atoms with E-state index < -0.39 is 0 Å². The van der Waals surface area contributed by atoms with Crippen LogP contribution in [0.1, 0.15) is 53.1 Å². The summed E-state index contributed by atoms with van der Waals surface area (Å²) in [5, 5.41) is 6.49. The van der Waals surface area contributed by atoms with E-state index in [-0.39, 0.29) is 11.9 Å². The number of anilines is 3. The number of benzene rings is 1. The third kappa shape index (κ3) is 5.57. The van der Waals surface area contributed by atoms with Crippen molar-refractivity contribution in [2.24, 2.45) is 0 Å². The Morgan fingerprint density at radius 3 is 2.61 bits per heavy atom. The highest BCUT2D eigenvalue weighted by molar-refractivity contribution is 5.92. The second kappa shape index (κ2) is 10.9. The number of carbonyl (C=O) groups excluding carboxylic acids is 1. The number of hydrogen-bond acceptors (Lipinski definition) is 8. The molecule has 9 nitrogen and oxygen atoms in total. The van der Waals surface area contributed by atoms with Gasteiger partial charge in [-0.25, -0.2) is 9.97 Å². The molecule has 5 rings (SSSR count). The maximum Gasteiger partial charge on any atom is 0.270 e. The van der Waals surface area contributed by atoms with Crippen LogP contribution in [-0.4, -0.2) is 54.3 Å². The number of morpholine rings is 1. The van der Waals surface area contributed by atoms with E-state index in [1.165, 1.54) is 30.2 Å². The van der Waals surface area contributed by atoms with Crippen LogP contribution in [0.15, 0.2) is 42.6 Å². The fraction of sp³-hybridized carbons (Fsp3) is 0.407. The Bertz CT molecular complexity index is 1210. The molecule has 36 heavy (non-hydrogen) atoms. The van der Waals surface area contributed by atoms with Gasteiger partial charge in [-0.15, -0.1) is 0 Å². The quantitative estimate of drug-likeness (QED) is 0.518. The minimum atomic E-state index is -0.353. The highest BCUT2D eigenvalue weighted by Crippen LogP contribution is 2.27. The van der Waals surface area contributed by atoms with E-state index in [9.17, 15) is 4.79 Å². The summed E-state index contributed by atoms with van der Waals surface area (Å²) in [4.78, 5) is 28.8. The van der Waals surface area contributed by atoms with Crippen LogP contribution in [0.2, 0.25) is 0 Å². The van der Waals surface area contributed by atoms with Crippen LogP contribution < -0.4 is 20.3 Å². The monoisotopic (exact) mass is 488 g/mol. The SMILES string of the molecule is COc1ccc(C(=O)N[C@@H](C)c2cc(Nc3ccc4c(c3)CCCC4)nc(N3CCOCC3)n2)nc1. The average Bonchev–Trinajstić information content (AvgIpc) is 2.93. The molecule has 0 unspecified atom stereocenters. The topological polar surface area (TPSA) is 102 Å². The molecule has 1 fully saturated rings. The van der Waals surface area contributed by atoms with Crippen molar-refractivity contribution in [2.75, 3.05) is 43.6 Å². The van der Waals surface area contributed by atoms with Gasteiger partial charge < -0.3 is 25.0 Å². The molecule has 1 saturated heterocycles. The van der Waals surface area contributed by atoms with Gasteiger partial charge in [0.15, 0.2) is 0 Å². The van der Waals surface area contributed by atoms with Crippen molar-refractivity contribution in [2.45, 2.75) is 38.6 Å². The minimum absolute atomic E-state index is 0.277. The summed E-state index contributed by atoms with van der Waals surface area (Å²) >= 11 is 0. The number of hydrogen-bond donors (Lipinski definition) is 2. The smallest absolute Gasteiger partial charge is 0.270 e. The molecule has 1 aliphatic carbocycles. The van der Waals surface area contributed by atoms with Gasteiger partial charge in [-0.05, 0) is 68.0 Å². The summed E-state index contributed by atoms with van der Waals surface area (Å²) in [6.07, 6.45) is 6.28. The molecule has 1 atom stereocenters. The van der Waals surface area contributed by atoms with Crippen molar-refractivity contribution >= 4 is 23.4 Å². The first kappa shape index (κ1) is 24.0. The molecule has 0 bridgehead atoms. The predicted molar refractivity (Wildman–Crippen MR) is 138 cm³/mol. The molecule has 0 spiro atoms. The second-order valence-electron chi connectivity index (χ2n) is 9.17. The molecule has 2 aromatic heterocycles. The summed E-state index contributed by atoms with van der Waals surface area (Å²) < 4.78 is 10.6.